The first-order valence-electron chi connectivity index (χ1n) is 6.17. The Hall–Kier alpha value is -1.07. The van der Waals surface area contributed by atoms with Crippen molar-refractivity contribution in [3.8, 4) is 0 Å². The van der Waals surface area contributed by atoms with Gasteiger partial charge in [0.1, 0.15) is 5.82 Å². The first-order chi connectivity index (χ1) is 8.13. The molecule has 2 N–H and O–H groups in total. The summed E-state index contributed by atoms with van der Waals surface area (Å²) in [6.45, 7) is 6.93. The van der Waals surface area contributed by atoms with Crippen molar-refractivity contribution in [2.75, 3.05) is 32.1 Å². The molecule has 5 heteroatoms. The molecule has 0 saturated carbocycles. The van der Waals surface area contributed by atoms with Crippen LogP contribution in [-0.2, 0) is 13.6 Å². The zero-order chi connectivity index (χ0) is 12.8. The van der Waals surface area contributed by atoms with E-state index in [-0.39, 0.29) is 6.61 Å². The lowest BCUT2D eigenvalue weighted by Crippen LogP contribution is -2.27. The van der Waals surface area contributed by atoms with Crippen LogP contribution in [-0.4, -0.2) is 46.5 Å². The maximum atomic E-state index is 9.06. The molecular formula is C12H24N4O. The van der Waals surface area contributed by atoms with Crippen LogP contribution in [0.15, 0.2) is 0 Å². The van der Waals surface area contributed by atoms with Crippen LogP contribution >= 0.6 is 0 Å². The van der Waals surface area contributed by atoms with Crippen molar-refractivity contribution < 1.29 is 5.11 Å². The van der Waals surface area contributed by atoms with E-state index in [9.17, 15) is 0 Å². The van der Waals surface area contributed by atoms with Crippen molar-refractivity contribution in [3.05, 3.63) is 11.3 Å². The van der Waals surface area contributed by atoms with Gasteiger partial charge in [-0.15, -0.1) is 0 Å². The second-order valence-corrected chi connectivity index (χ2v) is 4.29. The average molecular weight is 240 g/mol. The van der Waals surface area contributed by atoms with E-state index in [1.165, 1.54) is 5.56 Å². The summed E-state index contributed by atoms with van der Waals surface area (Å²) in [5.74, 6) is 1.06. The van der Waals surface area contributed by atoms with E-state index >= 15 is 0 Å². The highest BCUT2D eigenvalue weighted by molar-refractivity contribution is 5.46. The summed E-state index contributed by atoms with van der Waals surface area (Å²) in [4.78, 5) is 2.25. The van der Waals surface area contributed by atoms with Gasteiger partial charge in [-0.25, -0.2) is 0 Å². The SMILES string of the molecule is CCCN(CCO)Cc1c(C)nn(C)c1NC. The Labute approximate surface area is 103 Å². The highest BCUT2D eigenvalue weighted by Gasteiger charge is 2.15. The molecule has 98 valence electrons. The fourth-order valence-corrected chi connectivity index (χ4v) is 2.16. The van der Waals surface area contributed by atoms with Gasteiger partial charge in [0.2, 0.25) is 0 Å². The Kier molecular flexibility index (Phi) is 5.44. The lowest BCUT2D eigenvalue weighted by molar-refractivity contribution is 0.190. The first-order valence-corrected chi connectivity index (χ1v) is 6.17. The summed E-state index contributed by atoms with van der Waals surface area (Å²) < 4.78 is 1.87. The van der Waals surface area contributed by atoms with Crippen LogP contribution in [0.5, 0.6) is 0 Å². The van der Waals surface area contributed by atoms with Crippen molar-refractivity contribution in [1.29, 1.82) is 0 Å². The molecule has 0 aliphatic heterocycles. The van der Waals surface area contributed by atoms with Crippen LogP contribution < -0.4 is 5.32 Å². The molecule has 0 aliphatic carbocycles. The molecule has 0 spiro atoms. The number of aryl methyl sites for hydroxylation is 2. The van der Waals surface area contributed by atoms with E-state index in [0.29, 0.717) is 6.54 Å². The first kappa shape index (κ1) is 14.0. The Balaban J connectivity index is 2.83. The minimum absolute atomic E-state index is 0.203. The molecule has 1 heterocycles. The van der Waals surface area contributed by atoms with Crippen molar-refractivity contribution in [1.82, 2.24) is 14.7 Å². The molecule has 1 rings (SSSR count). The monoisotopic (exact) mass is 240 g/mol. The smallest absolute Gasteiger partial charge is 0.128 e. The van der Waals surface area contributed by atoms with E-state index in [0.717, 1.165) is 31.0 Å². The number of nitrogens with zero attached hydrogens (tertiary/aromatic N) is 3. The summed E-state index contributed by atoms with van der Waals surface area (Å²) in [5.41, 5.74) is 2.27. The minimum atomic E-state index is 0.203. The van der Waals surface area contributed by atoms with Crippen LogP contribution in [0.4, 0.5) is 5.82 Å². The van der Waals surface area contributed by atoms with Gasteiger partial charge in [-0.1, -0.05) is 6.92 Å². The average Bonchev–Trinajstić information content (AvgIpc) is 2.54. The zero-order valence-corrected chi connectivity index (χ0v) is 11.3. The van der Waals surface area contributed by atoms with E-state index < -0.39 is 0 Å². The molecule has 0 amide bonds. The van der Waals surface area contributed by atoms with E-state index in [1.807, 2.05) is 25.7 Å². The molecule has 0 aliphatic rings. The molecule has 5 nitrogen and oxygen atoms in total. The third kappa shape index (κ3) is 3.44. The van der Waals surface area contributed by atoms with Gasteiger partial charge in [-0.2, -0.15) is 5.10 Å². The molecule has 0 bridgehead atoms. The molecule has 0 radical (unpaired) electrons. The lowest BCUT2D eigenvalue weighted by atomic mass is 10.2. The number of hydrogen-bond donors (Lipinski definition) is 2. The molecular weight excluding hydrogens is 216 g/mol. The molecule has 1 aromatic heterocycles. The molecule has 0 unspecified atom stereocenters. The second kappa shape index (κ2) is 6.61. The van der Waals surface area contributed by atoms with Crippen LogP contribution in [0.25, 0.3) is 0 Å². The molecule has 0 aromatic carbocycles. The number of aromatic nitrogens is 2. The molecule has 17 heavy (non-hydrogen) atoms. The van der Waals surface area contributed by atoms with Gasteiger partial charge in [-0.3, -0.25) is 9.58 Å². The van der Waals surface area contributed by atoms with Crippen LogP contribution in [0, 0.1) is 6.92 Å². The third-order valence-corrected chi connectivity index (χ3v) is 2.92. The molecule has 0 fully saturated rings. The van der Waals surface area contributed by atoms with Gasteiger partial charge in [0, 0.05) is 32.7 Å². The Morgan fingerprint density at radius 3 is 2.65 bits per heavy atom. The van der Waals surface area contributed by atoms with Crippen molar-refractivity contribution in [2.45, 2.75) is 26.8 Å². The number of aliphatic hydroxyl groups is 1. The fourth-order valence-electron chi connectivity index (χ4n) is 2.16. The zero-order valence-electron chi connectivity index (χ0n) is 11.3. The summed E-state index contributed by atoms with van der Waals surface area (Å²) in [6, 6.07) is 0. The topological polar surface area (TPSA) is 53.3 Å². The van der Waals surface area contributed by atoms with E-state index in [4.69, 9.17) is 5.11 Å². The molecule has 1 aromatic rings. The van der Waals surface area contributed by atoms with E-state index in [1.54, 1.807) is 0 Å². The lowest BCUT2D eigenvalue weighted by Gasteiger charge is -2.21. The van der Waals surface area contributed by atoms with Crippen molar-refractivity contribution in [2.24, 2.45) is 7.05 Å². The van der Waals surface area contributed by atoms with Crippen LogP contribution in [0.1, 0.15) is 24.6 Å². The number of anilines is 1. The Morgan fingerprint density at radius 1 is 1.41 bits per heavy atom. The summed E-state index contributed by atoms with van der Waals surface area (Å²) in [6.07, 6.45) is 1.09. The Bertz CT molecular complexity index is 343. The number of nitrogens with one attached hydrogen (secondary N) is 1. The van der Waals surface area contributed by atoms with Gasteiger partial charge in [0.05, 0.1) is 12.3 Å². The Morgan fingerprint density at radius 2 is 2.12 bits per heavy atom. The summed E-state index contributed by atoms with van der Waals surface area (Å²) in [5, 5.41) is 16.7. The number of hydrogen-bond acceptors (Lipinski definition) is 4. The third-order valence-electron chi connectivity index (χ3n) is 2.92. The van der Waals surface area contributed by atoms with E-state index in [2.05, 4.69) is 22.2 Å². The summed E-state index contributed by atoms with van der Waals surface area (Å²) >= 11 is 0. The highest BCUT2D eigenvalue weighted by atomic mass is 16.3. The van der Waals surface area contributed by atoms with Gasteiger partial charge < -0.3 is 10.4 Å². The quantitative estimate of drug-likeness (QED) is 0.746. The second-order valence-electron chi connectivity index (χ2n) is 4.29. The highest BCUT2D eigenvalue weighted by Crippen LogP contribution is 2.20. The van der Waals surface area contributed by atoms with Crippen molar-refractivity contribution >= 4 is 5.82 Å². The molecule has 0 atom stereocenters. The number of rotatable bonds is 7. The normalized spacial score (nSPS) is 11.2. The maximum Gasteiger partial charge on any atom is 0.128 e. The fraction of sp³-hybridized carbons (Fsp3) is 0.750. The van der Waals surface area contributed by atoms with Crippen LogP contribution in [0.3, 0.4) is 0 Å². The number of aliphatic hydroxyl groups excluding tert-OH is 1. The minimum Gasteiger partial charge on any atom is -0.395 e. The standard InChI is InChI=1S/C12H24N4O/c1-5-6-16(7-8-17)9-11-10(2)14-15(4)12(11)13-3/h13,17H,5-9H2,1-4H3. The van der Waals surface area contributed by atoms with Gasteiger partial charge in [0.25, 0.3) is 0 Å². The maximum absolute atomic E-state index is 9.06. The van der Waals surface area contributed by atoms with Gasteiger partial charge in [-0.05, 0) is 19.9 Å². The van der Waals surface area contributed by atoms with Crippen LogP contribution in [0.2, 0.25) is 0 Å². The summed E-state index contributed by atoms with van der Waals surface area (Å²) in [7, 11) is 3.86. The molecule has 0 saturated heterocycles. The largest absolute Gasteiger partial charge is 0.395 e. The predicted octanol–water partition coefficient (Wildman–Crippen LogP) is 0.975. The van der Waals surface area contributed by atoms with Crippen molar-refractivity contribution in [3.63, 3.8) is 0 Å². The van der Waals surface area contributed by atoms with Gasteiger partial charge >= 0.3 is 0 Å². The van der Waals surface area contributed by atoms with Gasteiger partial charge in [0.15, 0.2) is 0 Å². The predicted molar refractivity (Wildman–Crippen MR) is 70.1 cm³/mol.